The van der Waals surface area contributed by atoms with Gasteiger partial charge in [0.25, 0.3) is 0 Å². The van der Waals surface area contributed by atoms with Crippen LogP contribution in [-0.2, 0) is 27.4 Å². The molecule has 0 radical (unpaired) electrons. The summed E-state index contributed by atoms with van der Waals surface area (Å²) in [4.78, 5) is 0. The maximum absolute atomic E-state index is 5.61. The lowest BCUT2D eigenvalue weighted by atomic mass is 10.2. The highest BCUT2D eigenvalue weighted by Gasteiger charge is 1.96. The van der Waals surface area contributed by atoms with E-state index in [0.717, 1.165) is 26.4 Å². The largest absolute Gasteiger partial charge is 0.381 e. The van der Waals surface area contributed by atoms with Gasteiger partial charge in [0.2, 0.25) is 0 Å². The van der Waals surface area contributed by atoms with Crippen LogP contribution < -0.4 is 0 Å². The second-order valence-electron chi connectivity index (χ2n) is 6.81. The summed E-state index contributed by atoms with van der Waals surface area (Å²) in [7, 11) is 0. The number of benzene rings is 2. The molecule has 0 aromatic heterocycles. The van der Waals surface area contributed by atoms with E-state index in [-0.39, 0.29) is 0 Å². The smallest absolute Gasteiger partial charge is 0.0721 e. The van der Waals surface area contributed by atoms with Crippen LogP contribution in [0.4, 0.5) is 0 Å². The zero-order chi connectivity index (χ0) is 18.8. The summed E-state index contributed by atoms with van der Waals surface area (Å²) in [5.74, 6) is 0. The zero-order valence-electron chi connectivity index (χ0n) is 16.5. The van der Waals surface area contributed by atoms with Gasteiger partial charge < -0.3 is 14.2 Å². The van der Waals surface area contributed by atoms with Crippen LogP contribution in [-0.4, -0.2) is 26.4 Å². The predicted octanol–water partition coefficient (Wildman–Crippen LogP) is 5.78. The van der Waals surface area contributed by atoms with Crippen molar-refractivity contribution in [1.82, 2.24) is 0 Å². The Kier molecular flexibility index (Phi) is 12.3. The summed E-state index contributed by atoms with van der Waals surface area (Å²) >= 11 is 0. The van der Waals surface area contributed by atoms with Crippen molar-refractivity contribution in [2.45, 2.75) is 51.7 Å². The van der Waals surface area contributed by atoms with Gasteiger partial charge in [0.1, 0.15) is 0 Å². The Morgan fingerprint density at radius 3 is 1.15 bits per heavy atom. The molecule has 0 aliphatic carbocycles. The van der Waals surface area contributed by atoms with Crippen LogP contribution in [0, 0.1) is 0 Å². The van der Waals surface area contributed by atoms with E-state index < -0.39 is 0 Å². The van der Waals surface area contributed by atoms with E-state index in [4.69, 9.17) is 14.2 Å². The minimum absolute atomic E-state index is 0.676. The molecule has 0 unspecified atom stereocenters. The minimum Gasteiger partial charge on any atom is -0.381 e. The van der Waals surface area contributed by atoms with Gasteiger partial charge in [-0.2, -0.15) is 0 Å². The SMILES string of the molecule is C1CCOCC1.C1CCOCC1.c1ccc(COCc2ccccc2)cc1. The number of ether oxygens (including phenoxy) is 3. The fourth-order valence-corrected chi connectivity index (χ4v) is 2.81. The molecule has 2 aromatic carbocycles. The Morgan fingerprint density at radius 1 is 0.519 bits per heavy atom. The summed E-state index contributed by atoms with van der Waals surface area (Å²) in [6.07, 6.45) is 7.86. The van der Waals surface area contributed by atoms with Gasteiger partial charge in [-0.15, -0.1) is 0 Å². The first-order valence-electron chi connectivity index (χ1n) is 10.3. The first kappa shape index (κ1) is 21.6. The third kappa shape index (κ3) is 11.6. The van der Waals surface area contributed by atoms with Crippen molar-refractivity contribution >= 4 is 0 Å². The van der Waals surface area contributed by atoms with Crippen molar-refractivity contribution < 1.29 is 14.2 Å². The topological polar surface area (TPSA) is 27.7 Å². The first-order chi connectivity index (χ1) is 13.4. The fraction of sp³-hybridized carbons (Fsp3) is 0.500. The molecule has 2 aromatic rings. The molecular formula is C24H34O3. The molecule has 2 aliphatic heterocycles. The lowest BCUT2D eigenvalue weighted by Gasteiger charge is -2.08. The van der Waals surface area contributed by atoms with Gasteiger partial charge in [0.05, 0.1) is 13.2 Å². The van der Waals surface area contributed by atoms with E-state index in [2.05, 4.69) is 24.3 Å². The Balaban J connectivity index is 0.000000178. The first-order valence-corrected chi connectivity index (χ1v) is 10.3. The predicted molar refractivity (Wildman–Crippen MR) is 111 cm³/mol. The van der Waals surface area contributed by atoms with E-state index in [9.17, 15) is 0 Å². The number of hydrogen-bond donors (Lipinski definition) is 0. The molecule has 3 nitrogen and oxygen atoms in total. The summed E-state index contributed by atoms with van der Waals surface area (Å²) in [6, 6.07) is 20.4. The molecule has 2 fully saturated rings. The molecule has 2 heterocycles. The average molecular weight is 371 g/mol. The summed E-state index contributed by atoms with van der Waals surface area (Å²) in [5, 5.41) is 0. The molecule has 0 bridgehead atoms. The maximum atomic E-state index is 5.61. The zero-order valence-corrected chi connectivity index (χ0v) is 16.5. The Morgan fingerprint density at radius 2 is 0.889 bits per heavy atom. The molecule has 0 spiro atoms. The van der Waals surface area contributed by atoms with Gasteiger partial charge in [-0.1, -0.05) is 60.7 Å². The molecule has 0 saturated carbocycles. The summed E-state index contributed by atoms with van der Waals surface area (Å²) in [6.45, 7) is 5.35. The third-order valence-electron chi connectivity index (χ3n) is 4.38. The highest BCUT2D eigenvalue weighted by atomic mass is 16.5. The Bertz CT molecular complexity index is 474. The molecular weight excluding hydrogens is 336 g/mol. The van der Waals surface area contributed by atoms with Gasteiger partial charge in [0, 0.05) is 26.4 Å². The third-order valence-corrected chi connectivity index (χ3v) is 4.38. The molecule has 148 valence electrons. The standard InChI is InChI=1S/C14H14O.2C5H10O/c1-3-7-13(8-4-1)11-15-12-14-9-5-2-6-10-14;2*1-2-4-6-5-3-1/h1-10H,11-12H2;2*1-5H2. The maximum Gasteiger partial charge on any atom is 0.0721 e. The Labute approximate surface area is 164 Å². The molecule has 2 saturated heterocycles. The van der Waals surface area contributed by atoms with Crippen LogP contribution in [0.3, 0.4) is 0 Å². The second-order valence-corrected chi connectivity index (χ2v) is 6.81. The van der Waals surface area contributed by atoms with Crippen LogP contribution in [0.15, 0.2) is 60.7 Å². The van der Waals surface area contributed by atoms with E-state index in [1.807, 2.05) is 36.4 Å². The highest BCUT2D eigenvalue weighted by molar-refractivity contribution is 5.15. The minimum atomic E-state index is 0.676. The van der Waals surface area contributed by atoms with Crippen LogP contribution in [0.25, 0.3) is 0 Å². The van der Waals surface area contributed by atoms with Crippen molar-refractivity contribution in [3.8, 4) is 0 Å². The summed E-state index contributed by atoms with van der Waals surface area (Å²) in [5.41, 5.74) is 2.43. The van der Waals surface area contributed by atoms with E-state index >= 15 is 0 Å². The van der Waals surface area contributed by atoms with Crippen LogP contribution in [0.1, 0.15) is 49.7 Å². The van der Waals surface area contributed by atoms with Gasteiger partial charge in [-0.3, -0.25) is 0 Å². The Hall–Kier alpha value is -1.68. The van der Waals surface area contributed by atoms with Gasteiger partial charge in [-0.05, 0) is 49.7 Å². The number of hydrogen-bond acceptors (Lipinski definition) is 3. The van der Waals surface area contributed by atoms with Gasteiger partial charge in [0.15, 0.2) is 0 Å². The molecule has 0 N–H and O–H groups in total. The average Bonchev–Trinajstić information content (AvgIpc) is 2.79. The molecule has 3 heteroatoms. The van der Waals surface area contributed by atoms with Crippen LogP contribution in [0.5, 0.6) is 0 Å². The molecule has 0 atom stereocenters. The van der Waals surface area contributed by atoms with E-state index in [1.165, 1.54) is 49.7 Å². The highest BCUT2D eigenvalue weighted by Crippen LogP contribution is 2.05. The quantitative estimate of drug-likeness (QED) is 0.683. The van der Waals surface area contributed by atoms with Gasteiger partial charge in [-0.25, -0.2) is 0 Å². The molecule has 2 aliphatic rings. The monoisotopic (exact) mass is 370 g/mol. The van der Waals surface area contributed by atoms with Crippen LogP contribution >= 0.6 is 0 Å². The summed E-state index contributed by atoms with van der Waals surface area (Å²) < 4.78 is 15.7. The van der Waals surface area contributed by atoms with Crippen molar-refractivity contribution in [3.05, 3.63) is 71.8 Å². The normalized spacial score (nSPS) is 16.3. The molecule has 27 heavy (non-hydrogen) atoms. The fourth-order valence-electron chi connectivity index (χ4n) is 2.81. The van der Waals surface area contributed by atoms with Crippen molar-refractivity contribution in [2.75, 3.05) is 26.4 Å². The van der Waals surface area contributed by atoms with Crippen molar-refractivity contribution in [1.29, 1.82) is 0 Å². The molecule has 0 amide bonds. The van der Waals surface area contributed by atoms with Crippen LogP contribution in [0.2, 0.25) is 0 Å². The van der Waals surface area contributed by atoms with E-state index in [0.29, 0.717) is 13.2 Å². The molecule has 4 rings (SSSR count). The van der Waals surface area contributed by atoms with Gasteiger partial charge >= 0.3 is 0 Å². The lowest BCUT2D eigenvalue weighted by molar-refractivity contribution is 0.0967. The van der Waals surface area contributed by atoms with E-state index in [1.54, 1.807) is 0 Å². The van der Waals surface area contributed by atoms with Crippen molar-refractivity contribution in [2.24, 2.45) is 0 Å². The second kappa shape index (κ2) is 15.4. The number of rotatable bonds is 4. The van der Waals surface area contributed by atoms with Crippen molar-refractivity contribution in [3.63, 3.8) is 0 Å². The lowest BCUT2D eigenvalue weighted by Crippen LogP contribution is -2.03.